The number of nitrogens with zero attached hydrogens (tertiary/aromatic N) is 2. The van der Waals surface area contributed by atoms with Crippen LogP contribution in [0.3, 0.4) is 0 Å². The number of nitrogens with one attached hydrogen (secondary N) is 1. The van der Waals surface area contributed by atoms with Crippen LogP contribution < -0.4 is 16.6 Å². The van der Waals surface area contributed by atoms with E-state index in [0.29, 0.717) is 10.7 Å². The summed E-state index contributed by atoms with van der Waals surface area (Å²) in [6.07, 6.45) is 0. The third-order valence-electron chi connectivity index (χ3n) is 4.19. The van der Waals surface area contributed by atoms with Crippen molar-refractivity contribution in [2.75, 3.05) is 0 Å². The maximum Gasteiger partial charge on any atom is 0.330 e. The Bertz CT molecular complexity index is 879. The topological polar surface area (TPSA) is 73.1 Å². The molecule has 0 saturated carbocycles. The average molecular weight is 350 g/mol. The van der Waals surface area contributed by atoms with E-state index in [1.54, 1.807) is 45.2 Å². The van der Waals surface area contributed by atoms with Gasteiger partial charge in [0.1, 0.15) is 0 Å². The fourth-order valence-corrected chi connectivity index (χ4v) is 2.46. The molecule has 0 atom stereocenters. The second kappa shape index (κ2) is 6.65. The van der Waals surface area contributed by atoms with Gasteiger partial charge in [-0.15, -0.1) is 0 Å². The summed E-state index contributed by atoms with van der Waals surface area (Å²) < 4.78 is 2.36. The summed E-state index contributed by atoms with van der Waals surface area (Å²) in [6, 6.07) is 8.41. The molecule has 1 aromatic heterocycles. The summed E-state index contributed by atoms with van der Waals surface area (Å²) in [5.74, 6) is -0.210. The summed E-state index contributed by atoms with van der Waals surface area (Å²) in [6.45, 7) is 3.70. The van der Waals surface area contributed by atoms with Gasteiger partial charge < -0.3 is 5.32 Å². The molecule has 0 spiro atoms. The molecule has 0 unspecified atom stereocenters. The van der Waals surface area contributed by atoms with Crippen molar-refractivity contribution < 1.29 is 4.79 Å². The van der Waals surface area contributed by atoms with Crippen molar-refractivity contribution in [3.8, 4) is 0 Å². The SMILES string of the molecule is Cn1c(CNC(=O)C(C)(C)c2ccc(Cl)cc2)cc(=O)n(C)c1=O. The number of benzene rings is 1. The van der Waals surface area contributed by atoms with Crippen molar-refractivity contribution in [2.45, 2.75) is 25.8 Å². The molecule has 0 saturated heterocycles. The fraction of sp³-hybridized carbons (Fsp3) is 0.353. The van der Waals surface area contributed by atoms with Crippen molar-refractivity contribution >= 4 is 17.5 Å². The van der Waals surface area contributed by atoms with Crippen LogP contribution in [0.4, 0.5) is 0 Å². The summed E-state index contributed by atoms with van der Waals surface area (Å²) in [7, 11) is 2.98. The number of halogens is 1. The Morgan fingerprint density at radius 1 is 1.12 bits per heavy atom. The molecular weight excluding hydrogens is 330 g/mol. The number of amides is 1. The standard InChI is InChI=1S/C17H20ClN3O3/c1-17(2,11-5-7-12(18)8-6-11)15(23)19-10-13-9-14(22)21(4)16(24)20(13)3/h5-9H,10H2,1-4H3,(H,19,23). The molecule has 0 bridgehead atoms. The third kappa shape index (κ3) is 3.43. The minimum atomic E-state index is -0.775. The van der Waals surface area contributed by atoms with Crippen LogP contribution in [0.5, 0.6) is 0 Å². The van der Waals surface area contributed by atoms with E-state index in [9.17, 15) is 14.4 Å². The summed E-state index contributed by atoms with van der Waals surface area (Å²) in [5.41, 5.74) is -0.336. The highest BCUT2D eigenvalue weighted by Gasteiger charge is 2.29. The van der Waals surface area contributed by atoms with Crippen LogP contribution in [0.1, 0.15) is 25.1 Å². The van der Waals surface area contributed by atoms with E-state index in [2.05, 4.69) is 5.32 Å². The van der Waals surface area contributed by atoms with E-state index in [4.69, 9.17) is 11.6 Å². The molecule has 1 amide bonds. The van der Waals surface area contributed by atoms with Gasteiger partial charge in [0.25, 0.3) is 5.56 Å². The normalized spacial score (nSPS) is 11.4. The highest BCUT2D eigenvalue weighted by molar-refractivity contribution is 6.30. The van der Waals surface area contributed by atoms with Gasteiger partial charge in [-0.25, -0.2) is 4.79 Å². The van der Waals surface area contributed by atoms with Crippen LogP contribution in [0.15, 0.2) is 39.9 Å². The summed E-state index contributed by atoms with van der Waals surface area (Å²) in [4.78, 5) is 36.2. The van der Waals surface area contributed by atoms with Crippen LogP contribution in [0.25, 0.3) is 0 Å². The van der Waals surface area contributed by atoms with Crippen molar-refractivity contribution in [1.29, 1.82) is 0 Å². The summed E-state index contributed by atoms with van der Waals surface area (Å²) in [5, 5.41) is 3.39. The van der Waals surface area contributed by atoms with Crippen molar-refractivity contribution in [2.24, 2.45) is 14.1 Å². The van der Waals surface area contributed by atoms with Crippen LogP contribution >= 0.6 is 11.6 Å². The van der Waals surface area contributed by atoms with Crippen LogP contribution in [-0.2, 0) is 30.8 Å². The quantitative estimate of drug-likeness (QED) is 0.905. The van der Waals surface area contributed by atoms with Gasteiger partial charge in [0.15, 0.2) is 0 Å². The van der Waals surface area contributed by atoms with E-state index in [1.165, 1.54) is 17.7 Å². The Morgan fingerprint density at radius 2 is 1.71 bits per heavy atom. The lowest BCUT2D eigenvalue weighted by atomic mass is 9.84. The van der Waals surface area contributed by atoms with Gasteiger partial charge >= 0.3 is 5.69 Å². The number of aromatic nitrogens is 2. The number of rotatable bonds is 4. The van der Waals surface area contributed by atoms with E-state index < -0.39 is 16.7 Å². The molecule has 7 heteroatoms. The van der Waals surface area contributed by atoms with E-state index >= 15 is 0 Å². The largest absolute Gasteiger partial charge is 0.350 e. The smallest absolute Gasteiger partial charge is 0.330 e. The van der Waals surface area contributed by atoms with Gasteiger partial charge in [-0.05, 0) is 31.5 Å². The lowest BCUT2D eigenvalue weighted by Crippen LogP contribution is -2.42. The minimum absolute atomic E-state index is 0.0949. The molecule has 1 aromatic carbocycles. The van der Waals surface area contributed by atoms with Gasteiger partial charge in [-0.2, -0.15) is 0 Å². The minimum Gasteiger partial charge on any atom is -0.350 e. The van der Waals surface area contributed by atoms with Crippen LogP contribution in [0, 0.1) is 0 Å². The number of carbonyl (C=O) groups is 1. The summed E-state index contributed by atoms with van der Waals surface area (Å²) >= 11 is 5.88. The molecule has 128 valence electrons. The highest BCUT2D eigenvalue weighted by Crippen LogP contribution is 2.24. The third-order valence-corrected chi connectivity index (χ3v) is 4.44. The maximum absolute atomic E-state index is 12.6. The van der Waals surface area contributed by atoms with Gasteiger partial charge in [0.05, 0.1) is 12.0 Å². The highest BCUT2D eigenvalue weighted by atomic mass is 35.5. The van der Waals surface area contributed by atoms with Crippen LogP contribution in [-0.4, -0.2) is 15.0 Å². The monoisotopic (exact) mass is 349 g/mol. The van der Waals surface area contributed by atoms with Gasteiger partial charge in [0.2, 0.25) is 5.91 Å². The Balaban J connectivity index is 2.20. The Morgan fingerprint density at radius 3 is 2.29 bits per heavy atom. The molecule has 0 aliphatic carbocycles. The molecular formula is C17H20ClN3O3. The van der Waals surface area contributed by atoms with E-state index in [1.807, 2.05) is 0 Å². The second-order valence-corrected chi connectivity index (χ2v) is 6.63. The molecule has 2 aromatic rings. The van der Waals surface area contributed by atoms with Crippen molar-refractivity contribution in [1.82, 2.24) is 14.5 Å². The molecule has 2 rings (SSSR count). The predicted octanol–water partition coefficient (Wildman–Crippen LogP) is 1.33. The zero-order chi connectivity index (χ0) is 18.1. The first-order valence-corrected chi connectivity index (χ1v) is 7.82. The molecule has 24 heavy (non-hydrogen) atoms. The van der Waals surface area contributed by atoms with Gasteiger partial charge in [-0.1, -0.05) is 23.7 Å². The zero-order valence-corrected chi connectivity index (χ0v) is 14.8. The average Bonchev–Trinajstić information content (AvgIpc) is 2.55. The molecule has 0 fully saturated rings. The first-order valence-electron chi connectivity index (χ1n) is 7.45. The maximum atomic E-state index is 12.6. The number of hydrogen-bond acceptors (Lipinski definition) is 3. The second-order valence-electron chi connectivity index (χ2n) is 6.19. The molecule has 0 radical (unpaired) electrons. The molecule has 0 aliphatic rings. The fourth-order valence-electron chi connectivity index (χ4n) is 2.34. The lowest BCUT2D eigenvalue weighted by Gasteiger charge is -2.24. The molecule has 0 aliphatic heterocycles. The predicted molar refractivity (Wildman–Crippen MR) is 93.2 cm³/mol. The lowest BCUT2D eigenvalue weighted by molar-refractivity contribution is -0.125. The van der Waals surface area contributed by atoms with Crippen molar-refractivity contribution in [3.05, 3.63) is 67.4 Å². The van der Waals surface area contributed by atoms with Crippen molar-refractivity contribution in [3.63, 3.8) is 0 Å². The van der Waals surface area contributed by atoms with Gasteiger partial charge in [-0.3, -0.25) is 18.7 Å². The van der Waals surface area contributed by atoms with Crippen LogP contribution in [0.2, 0.25) is 5.02 Å². The molecule has 1 N–H and O–H groups in total. The first kappa shape index (κ1) is 18.0. The number of hydrogen-bond donors (Lipinski definition) is 1. The zero-order valence-electron chi connectivity index (χ0n) is 14.1. The molecule has 6 nitrogen and oxygen atoms in total. The Labute approximate surface area is 144 Å². The van der Waals surface area contributed by atoms with E-state index in [0.717, 1.165) is 10.1 Å². The van der Waals surface area contributed by atoms with Gasteiger partial charge in [0, 0.05) is 30.9 Å². The Kier molecular flexibility index (Phi) is 4.99. The number of carbonyl (C=O) groups excluding carboxylic acids is 1. The Hall–Kier alpha value is -2.34. The molecule has 1 heterocycles. The van der Waals surface area contributed by atoms with E-state index in [-0.39, 0.29) is 12.5 Å². The first-order chi connectivity index (χ1) is 11.1.